The average Bonchev–Trinajstić information content (AvgIpc) is 2.97. The van der Waals surface area contributed by atoms with Gasteiger partial charge >= 0.3 is 0 Å². The number of para-hydroxylation sites is 1. The van der Waals surface area contributed by atoms with Gasteiger partial charge in [-0.1, -0.05) is 60.3 Å². The normalized spacial score (nSPS) is 12.1. The van der Waals surface area contributed by atoms with Crippen LogP contribution in [0.1, 0.15) is 10.4 Å². The third-order valence-corrected chi connectivity index (χ3v) is 4.44. The van der Waals surface area contributed by atoms with E-state index in [1.807, 2.05) is 42.5 Å². The van der Waals surface area contributed by atoms with E-state index in [1.165, 1.54) is 11.8 Å². The van der Waals surface area contributed by atoms with Gasteiger partial charge in [-0.05, 0) is 6.07 Å². The van der Waals surface area contributed by atoms with Crippen molar-refractivity contribution in [3.8, 4) is 5.88 Å². The van der Waals surface area contributed by atoms with Crippen LogP contribution in [-0.2, 0) is 0 Å². The van der Waals surface area contributed by atoms with Gasteiger partial charge in [0.25, 0.3) is 0 Å². The number of rotatable bonds is 4. The molecule has 3 rings (SSSR count). The quantitative estimate of drug-likeness (QED) is 0.312. The summed E-state index contributed by atoms with van der Waals surface area (Å²) in [6.45, 7) is 0. The SMILES string of the molecule is CN=C(N=Nc1c(O)[nH]c2ccccc12)SCC(=O)c1ccccc1. The molecule has 0 spiro atoms. The molecule has 1 aromatic heterocycles. The maximum Gasteiger partial charge on any atom is 0.218 e. The number of fused-ring (bicyclic) bond motifs is 1. The smallest absolute Gasteiger partial charge is 0.218 e. The standard InChI is InChI=1S/C18H16N4O2S/c1-19-18(25-11-15(23)12-7-3-2-4-8-12)22-21-16-13-9-5-6-10-14(13)20-17(16)24/h2-10,20,24H,11H2,1H3. The molecule has 25 heavy (non-hydrogen) atoms. The minimum Gasteiger partial charge on any atom is -0.493 e. The summed E-state index contributed by atoms with van der Waals surface area (Å²) in [6, 6.07) is 16.5. The van der Waals surface area contributed by atoms with Crippen molar-refractivity contribution in [2.75, 3.05) is 12.8 Å². The number of carbonyl (C=O) groups is 1. The Morgan fingerprint density at radius 1 is 1.12 bits per heavy atom. The second-order valence-corrected chi connectivity index (χ2v) is 6.09. The van der Waals surface area contributed by atoms with Crippen LogP contribution in [0.3, 0.4) is 0 Å². The van der Waals surface area contributed by atoms with E-state index in [-0.39, 0.29) is 17.4 Å². The molecule has 2 N–H and O–H groups in total. The van der Waals surface area contributed by atoms with E-state index < -0.39 is 0 Å². The summed E-state index contributed by atoms with van der Waals surface area (Å²) in [4.78, 5) is 19.0. The van der Waals surface area contributed by atoms with E-state index >= 15 is 0 Å². The van der Waals surface area contributed by atoms with Crippen LogP contribution in [0.25, 0.3) is 10.9 Å². The maximum absolute atomic E-state index is 12.1. The molecule has 0 unspecified atom stereocenters. The topological polar surface area (TPSA) is 90.2 Å². The minimum absolute atomic E-state index is 0.00288. The van der Waals surface area contributed by atoms with Gasteiger partial charge in [0, 0.05) is 18.0 Å². The first-order chi connectivity index (χ1) is 12.2. The summed E-state index contributed by atoms with van der Waals surface area (Å²) in [7, 11) is 1.59. The molecule has 0 fully saturated rings. The summed E-state index contributed by atoms with van der Waals surface area (Å²) in [5.74, 6) is 0.165. The van der Waals surface area contributed by atoms with Gasteiger partial charge in [-0.2, -0.15) is 0 Å². The number of aromatic hydroxyl groups is 1. The van der Waals surface area contributed by atoms with Crippen molar-refractivity contribution in [2.24, 2.45) is 15.2 Å². The Morgan fingerprint density at radius 2 is 1.84 bits per heavy atom. The van der Waals surface area contributed by atoms with E-state index in [1.54, 1.807) is 19.2 Å². The van der Waals surface area contributed by atoms with E-state index in [4.69, 9.17) is 0 Å². The number of H-pyrrole nitrogens is 1. The van der Waals surface area contributed by atoms with Crippen molar-refractivity contribution in [1.82, 2.24) is 4.98 Å². The zero-order valence-electron chi connectivity index (χ0n) is 13.5. The van der Waals surface area contributed by atoms with E-state index in [0.29, 0.717) is 16.4 Å². The molecule has 0 radical (unpaired) electrons. The van der Waals surface area contributed by atoms with Crippen LogP contribution >= 0.6 is 11.8 Å². The Labute approximate surface area is 148 Å². The molecule has 0 aliphatic carbocycles. The number of Topliss-reactive ketones (excluding diaryl/α,β-unsaturated/α-hetero) is 1. The summed E-state index contributed by atoms with van der Waals surface area (Å²) >= 11 is 1.21. The number of amidine groups is 1. The third kappa shape index (κ3) is 3.95. The Balaban J connectivity index is 1.71. The molecule has 0 aliphatic heterocycles. The highest BCUT2D eigenvalue weighted by Gasteiger charge is 2.11. The molecule has 0 atom stereocenters. The first-order valence-electron chi connectivity index (χ1n) is 7.58. The summed E-state index contributed by atoms with van der Waals surface area (Å²) in [5, 5.41) is 19.3. The second-order valence-electron chi connectivity index (χ2n) is 5.15. The number of aromatic amines is 1. The van der Waals surface area contributed by atoms with Gasteiger partial charge in [0.05, 0.1) is 11.3 Å². The fourth-order valence-electron chi connectivity index (χ4n) is 2.28. The number of thioether (sulfide) groups is 1. The first kappa shape index (κ1) is 16.9. The van der Waals surface area contributed by atoms with Gasteiger partial charge in [0.1, 0.15) is 0 Å². The van der Waals surface area contributed by atoms with Crippen molar-refractivity contribution in [2.45, 2.75) is 0 Å². The molecule has 3 aromatic rings. The molecule has 6 nitrogen and oxygen atoms in total. The van der Waals surface area contributed by atoms with Gasteiger partial charge in [-0.15, -0.1) is 10.2 Å². The molecular formula is C18H16N4O2S. The molecule has 2 aromatic carbocycles. The number of hydrogen-bond acceptors (Lipinski definition) is 5. The lowest BCUT2D eigenvalue weighted by Gasteiger charge is -2.00. The second kappa shape index (κ2) is 7.76. The van der Waals surface area contributed by atoms with Gasteiger partial charge in [-0.3, -0.25) is 9.79 Å². The van der Waals surface area contributed by atoms with Crippen LogP contribution in [0.4, 0.5) is 5.69 Å². The number of benzene rings is 2. The number of nitrogens with zero attached hydrogens (tertiary/aromatic N) is 3. The zero-order valence-corrected chi connectivity index (χ0v) is 14.3. The molecule has 0 saturated heterocycles. The Morgan fingerprint density at radius 3 is 2.60 bits per heavy atom. The molecule has 0 aliphatic rings. The van der Waals surface area contributed by atoms with Gasteiger partial charge in [-0.25, -0.2) is 0 Å². The van der Waals surface area contributed by atoms with Crippen LogP contribution in [-0.4, -0.2) is 33.8 Å². The molecule has 0 bridgehead atoms. The van der Waals surface area contributed by atoms with Crippen molar-refractivity contribution >= 4 is 39.3 Å². The summed E-state index contributed by atoms with van der Waals surface area (Å²) < 4.78 is 0. The lowest BCUT2D eigenvalue weighted by molar-refractivity contribution is 0.102. The fourth-order valence-corrected chi connectivity index (χ4v) is 2.94. The first-order valence-corrected chi connectivity index (χ1v) is 8.57. The molecule has 7 heteroatoms. The van der Waals surface area contributed by atoms with Crippen molar-refractivity contribution in [1.29, 1.82) is 0 Å². The monoisotopic (exact) mass is 352 g/mol. The van der Waals surface area contributed by atoms with Gasteiger partial charge in [0.2, 0.25) is 11.0 Å². The Bertz CT molecular complexity index is 948. The van der Waals surface area contributed by atoms with Crippen LogP contribution in [0, 0.1) is 0 Å². The van der Waals surface area contributed by atoms with E-state index in [2.05, 4.69) is 20.2 Å². The highest BCUT2D eigenvalue weighted by Crippen LogP contribution is 2.35. The molecule has 1 heterocycles. The van der Waals surface area contributed by atoms with E-state index in [9.17, 15) is 9.90 Å². The number of aliphatic imine (C=N–C) groups is 1. The molecule has 126 valence electrons. The highest BCUT2D eigenvalue weighted by molar-refractivity contribution is 8.14. The van der Waals surface area contributed by atoms with Crippen molar-refractivity contribution in [3.05, 3.63) is 60.2 Å². The van der Waals surface area contributed by atoms with Crippen LogP contribution in [0.5, 0.6) is 5.88 Å². The van der Waals surface area contributed by atoms with Crippen LogP contribution in [0.2, 0.25) is 0 Å². The van der Waals surface area contributed by atoms with Gasteiger partial charge in [0.15, 0.2) is 11.5 Å². The summed E-state index contributed by atoms with van der Waals surface area (Å²) in [6.07, 6.45) is 0. The van der Waals surface area contributed by atoms with Crippen molar-refractivity contribution in [3.63, 3.8) is 0 Å². The van der Waals surface area contributed by atoms with Crippen molar-refractivity contribution < 1.29 is 9.90 Å². The van der Waals surface area contributed by atoms with Crippen LogP contribution < -0.4 is 0 Å². The zero-order chi connectivity index (χ0) is 17.6. The Kier molecular flexibility index (Phi) is 5.25. The maximum atomic E-state index is 12.1. The lowest BCUT2D eigenvalue weighted by atomic mass is 10.2. The Hall–Kier alpha value is -2.93. The summed E-state index contributed by atoms with van der Waals surface area (Å²) in [5.41, 5.74) is 1.78. The predicted molar refractivity (Wildman–Crippen MR) is 101 cm³/mol. The number of carbonyl (C=O) groups excluding carboxylic acids is 1. The lowest BCUT2D eigenvalue weighted by Crippen LogP contribution is -2.04. The molecular weight excluding hydrogens is 336 g/mol. The number of hydrogen-bond donors (Lipinski definition) is 2. The highest BCUT2D eigenvalue weighted by atomic mass is 32.2. The fraction of sp³-hybridized carbons (Fsp3) is 0.111. The van der Waals surface area contributed by atoms with Crippen LogP contribution in [0.15, 0.2) is 69.8 Å². The third-order valence-electron chi connectivity index (χ3n) is 3.51. The average molecular weight is 352 g/mol. The van der Waals surface area contributed by atoms with Gasteiger partial charge < -0.3 is 10.1 Å². The number of aromatic nitrogens is 1. The number of nitrogens with one attached hydrogen (secondary N) is 1. The largest absolute Gasteiger partial charge is 0.493 e. The molecule has 0 amide bonds. The predicted octanol–water partition coefficient (Wildman–Crippen LogP) is 4.56. The minimum atomic E-state index is -0.0502. The molecule has 0 saturated carbocycles. The number of azo groups is 1. The van der Waals surface area contributed by atoms with E-state index in [0.717, 1.165) is 10.9 Å². The number of ketones is 1.